The average molecular weight is 581 g/mol. The molecule has 0 aliphatic carbocycles. The first-order valence-electron chi connectivity index (χ1n) is 9.07. The summed E-state index contributed by atoms with van der Waals surface area (Å²) in [6.07, 6.45) is -5.40. The minimum atomic E-state index is -5.85. The molecule has 0 bridgehead atoms. The van der Waals surface area contributed by atoms with Gasteiger partial charge in [0.1, 0.15) is 18.9 Å². The molecule has 2 aromatic heterocycles. The van der Waals surface area contributed by atoms with Crippen molar-refractivity contribution in [3.63, 3.8) is 0 Å². The summed E-state index contributed by atoms with van der Waals surface area (Å²) in [6.45, 7) is -2.61. The summed E-state index contributed by atoms with van der Waals surface area (Å²) >= 11 is 0. The summed E-state index contributed by atoms with van der Waals surface area (Å²) in [5, 5.41) is 10.5. The monoisotopic (exact) mass is 581 g/mol. The van der Waals surface area contributed by atoms with Crippen molar-refractivity contribution < 1.29 is 65.0 Å². The van der Waals surface area contributed by atoms with Crippen molar-refractivity contribution in [1.82, 2.24) is 19.5 Å². The van der Waals surface area contributed by atoms with Crippen LogP contribution in [0.2, 0.25) is 0 Å². The number of anilines is 1. The van der Waals surface area contributed by atoms with E-state index < -0.39 is 72.4 Å². The minimum absolute atomic E-state index is 0.334. The summed E-state index contributed by atoms with van der Waals surface area (Å²) in [4.78, 5) is 57.5. The van der Waals surface area contributed by atoms with Gasteiger partial charge in [0.05, 0.1) is 12.9 Å². The number of halogens is 2. The Labute approximate surface area is 197 Å². The third-order valence-electron chi connectivity index (χ3n) is 4.31. The van der Waals surface area contributed by atoms with Crippen molar-refractivity contribution in [2.75, 3.05) is 19.0 Å². The van der Waals surface area contributed by atoms with Gasteiger partial charge in [0.2, 0.25) is 11.6 Å². The van der Waals surface area contributed by atoms with Crippen LogP contribution in [0.1, 0.15) is 6.23 Å². The van der Waals surface area contributed by atoms with Gasteiger partial charge in [-0.1, -0.05) is 11.8 Å². The molecule has 1 saturated heterocycles. The van der Waals surface area contributed by atoms with Crippen LogP contribution in [-0.2, 0) is 31.6 Å². The minimum Gasteiger partial charge on any atom is -0.386 e. The van der Waals surface area contributed by atoms with Gasteiger partial charge >= 0.3 is 23.5 Å². The molecule has 2 aromatic rings. The highest BCUT2D eigenvalue weighted by Gasteiger charge is 2.58. The number of aliphatic hydroxyl groups excluding tert-OH is 1. The molecule has 3 unspecified atom stereocenters. The van der Waals surface area contributed by atoms with E-state index in [1.807, 2.05) is 5.92 Å². The molecular formula is C13H16F2N5O13P3. The quantitative estimate of drug-likeness (QED) is 0.145. The highest BCUT2D eigenvalue weighted by atomic mass is 31.3. The molecule has 1 aliphatic rings. The molecule has 6 atom stereocenters. The van der Waals surface area contributed by atoms with Gasteiger partial charge in [-0.15, -0.1) is 0 Å². The number of nitrogens with two attached hydrogens (primary N) is 1. The Morgan fingerprint density at radius 2 is 1.92 bits per heavy atom. The lowest BCUT2D eigenvalue weighted by Gasteiger charge is -2.23. The van der Waals surface area contributed by atoms with Gasteiger partial charge in [-0.05, 0) is 0 Å². The number of nitrogen functional groups attached to an aromatic ring is 1. The highest BCUT2D eigenvalue weighted by Crippen LogP contribution is 2.66. The van der Waals surface area contributed by atoms with Gasteiger partial charge in [-0.25, -0.2) is 27.5 Å². The molecule has 8 N–H and O–H groups in total. The maximum Gasteiger partial charge on any atom is 0.490 e. The summed E-state index contributed by atoms with van der Waals surface area (Å²) in [6, 6.07) is 0. The Hall–Kier alpha value is -2.10. The van der Waals surface area contributed by atoms with Crippen LogP contribution >= 0.6 is 23.5 Å². The smallest absolute Gasteiger partial charge is 0.386 e. The molecule has 0 radical (unpaired) electrons. The van der Waals surface area contributed by atoms with Crippen LogP contribution in [0, 0.1) is 11.8 Å². The largest absolute Gasteiger partial charge is 0.490 e. The third-order valence-corrected chi connectivity index (χ3v) is 8.12. The molecule has 200 valence electrons. The van der Waals surface area contributed by atoms with Crippen LogP contribution in [0.15, 0.2) is 11.1 Å². The Kier molecular flexibility index (Phi) is 7.90. The van der Waals surface area contributed by atoms with Crippen molar-refractivity contribution in [3.8, 4) is 11.8 Å². The number of H-pyrrole nitrogens is 1. The lowest BCUT2D eigenvalue weighted by atomic mass is 9.96. The van der Waals surface area contributed by atoms with E-state index in [2.05, 4.69) is 28.1 Å². The Morgan fingerprint density at radius 3 is 2.53 bits per heavy atom. The van der Waals surface area contributed by atoms with E-state index in [9.17, 15) is 37.8 Å². The second-order valence-corrected chi connectivity index (χ2v) is 11.3. The van der Waals surface area contributed by atoms with E-state index in [4.69, 9.17) is 20.3 Å². The lowest BCUT2D eigenvalue weighted by molar-refractivity contribution is -0.0496. The van der Waals surface area contributed by atoms with E-state index >= 15 is 4.39 Å². The number of fused-ring (bicyclic) bond motifs is 1. The fourth-order valence-electron chi connectivity index (χ4n) is 3.04. The molecule has 18 nitrogen and oxygen atoms in total. The number of imidazole rings is 1. The molecule has 3 heterocycles. The number of phosphoric acid groups is 3. The van der Waals surface area contributed by atoms with Crippen molar-refractivity contribution in [2.45, 2.75) is 24.1 Å². The van der Waals surface area contributed by atoms with Gasteiger partial charge in [0, 0.05) is 0 Å². The zero-order valence-electron chi connectivity index (χ0n) is 17.2. The lowest BCUT2D eigenvalue weighted by Crippen LogP contribution is -2.42. The van der Waals surface area contributed by atoms with Gasteiger partial charge in [0.15, 0.2) is 17.4 Å². The summed E-state index contributed by atoms with van der Waals surface area (Å²) < 4.78 is 80.1. The summed E-state index contributed by atoms with van der Waals surface area (Å²) in [7, 11) is -17.2. The zero-order chi connectivity index (χ0) is 27.1. The topological polar surface area (TPSA) is 279 Å². The number of hydrogen-bond acceptors (Lipinski definition) is 12. The highest BCUT2D eigenvalue weighted by molar-refractivity contribution is 7.66. The second-order valence-electron chi connectivity index (χ2n) is 6.84. The number of aromatic amines is 1. The number of hydrogen-bond donors (Lipinski definition) is 7. The van der Waals surface area contributed by atoms with Crippen LogP contribution in [-0.4, -0.2) is 75.4 Å². The van der Waals surface area contributed by atoms with Crippen LogP contribution in [0.25, 0.3) is 11.2 Å². The van der Waals surface area contributed by atoms with E-state index in [-0.39, 0.29) is 11.2 Å². The molecule has 0 amide bonds. The van der Waals surface area contributed by atoms with Crippen LogP contribution in [0.5, 0.6) is 0 Å². The summed E-state index contributed by atoms with van der Waals surface area (Å²) in [5.41, 5.74) is 0.814. The first-order valence-corrected chi connectivity index (χ1v) is 13.6. The van der Waals surface area contributed by atoms with Crippen LogP contribution in [0.4, 0.5) is 14.7 Å². The maximum atomic E-state index is 15.9. The Morgan fingerprint density at radius 1 is 1.25 bits per heavy atom. The normalized spacial score (nSPS) is 27.8. The van der Waals surface area contributed by atoms with E-state index in [0.29, 0.717) is 0 Å². The molecule has 0 spiro atoms. The maximum absolute atomic E-state index is 15.9. The first kappa shape index (κ1) is 28.5. The SMILES string of the molecule is Nc1nc2c(ncn2[C@@H]2O[C@H](COP(=O)(O)OP(=O)(O)OP(=O)(O)O)[C@H](O)C2(F)C#CCF)c(=O)[nH]1. The molecule has 0 saturated carbocycles. The number of ether oxygens (including phenoxy) is 1. The number of aromatic nitrogens is 4. The average Bonchev–Trinajstić information content (AvgIpc) is 3.22. The van der Waals surface area contributed by atoms with E-state index in [1.165, 1.54) is 0 Å². The molecule has 0 aromatic carbocycles. The number of nitrogens with zero attached hydrogens (tertiary/aromatic N) is 3. The Bertz CT molecular complexity index is 1420. The molecule has 1 aliphatic heterocycles. The van der Waals surface area contributed by atoms with Crippen molar-refractivity contribution in [1.29, 1.82) is 0 Å². The van der Waals surface area contributed by atoms with Crippen molar-refractivity contribution in [2.24, 2.45) is 0 Å². The van der Waals surface area contributed by atoms with Gasteiger partial charge in [-0.2, -0.15) is 13.6 Å². The number of phosphoric ester groups is 1. The number of aliphatic hydroxyl groups is 1. The summed E-state index contributed by atoms with van der Waals surface area (Å²) in [5.74, 6) is 3.17. The third kappa shape index (κ3) is 6.23. The fraction of sp³-hybridized carbons (Fsp3) is 0.462. The fourth-order valence-corrected chi connectivity index (χ4v) is 6.07. The molecule has 1 fully saturated rings. The predicted octanol–water partition coefficient (Wildman–Crippen LogP) is -1.02. The second kappa shape index (κ2) is 9.99. The number of alkyl halides is 2. The standard InChI is InChI=1S/C13H16F2N5O13P3/c14-3-1-2-13(15)8(21)6(4-30-35(26,27)33-36(28,29)32-34(23,24)25)31-11(13)20-5-17-7-9(20)18-12(16)19-10(7)22/h5-6,8,11,21H,3-4H2,(H,26,27)(H,28,29)(H2,23,24,25)(H3,16,18,19,22)/t6-,8+,11-,13?/m1/s1. The predicted molar refractivity (Wildman–Crippen MR) is 110 cm³/mol. The first-order chi connectivity index (χ1) is 16.5. The Balaban J connectivity index is 1.89. The zero-order valence-corrected chi connectivity index (χ0v) is 19.9. The van der Waals surface area contributed by atoms with Gasteiger partial charge < -0.3 is 35.2 Å². The number of nitrogens with one attached hydrogen (secondary N) is 1. The van der Waals surface area contributed by atoms with E-state index in [1.54, 1.807) is 5.92 Å². The molecule has 3 rings (SSSR count). The van der Waals surface area contributed by atoms with Crippen molar-refractivity contribution in [3.05, 3.63) is 16.7 Å². The van der Waals surface area contributed by atoms with Crippen molar-refractivity contribution >= 4 is 40.6 Å². The molecule has 23 heteroatoms. The number of rotatable bonds is 8. The van der Waals surface area contributed by atoms with Gasteiger partial charge in [-0.3, -0.25) is 18.9 Å². The molecular weight excluding hydrogens is 565 g/mol. The molecule has 36 heavy (non-hydrogen) atoms. The van der Waals surface area contributed by atoms with Crippen LogP contribution < -0.4 is 11.3 Å². The van der Waals surface area contributed by atoms with E-state index in [0.717, 1.165) is 10.9 Å². The van der Waals surface area contributed by atoms with Gasteiger partial charge in [0.25, 0.3) is 5.56 Å². The van der Waals surface area contributed by atoms with Crippen LogP contribution in [0.3, 0.4) is 0 Å².